The zero-order valence-corrected chi connectivity index (χ0v) is 13.4. The number of carboxylic acids is 1. The van der Waals surface area contributed by atoms with Gasteiger partial charge in [-0.3, -0.25) is 4.79 Å². The molecule has 2 fully saturated rings. The number of hydrogen-bond donors (Lipinski definition) is 1. The lowest BCUT2D eigenvalue weighted by atomic mass is 10.1. The molecule has 0 saturated carbocycles. The molecule has 0 bridgehead atoms. The van der Waals surface area contributed by atoms with Crippen LogP contribution in [0.4, 0.5) is 0 Å². The Morgan fingerprint density at radius 2 is 1.81 bits per heavy atom. The van der Waals surface area contributed by atoms with E-state index < -0.39 is 22.2 Å². The molecule has 7 nitrogen and oxygen atoms in total. The molecule has 2 aliphatic rings. The summed E-state index contributed by atoms with van der Waals surface area (Å²) in [6, 6.07) is -0.919. The minimum atomic E-state index is -3.69. The minimum absolute atomic E-state index is 0.299. The fourth-order valence-electron chi connectivity index (χ4n) is 3.01. The van der Waals surface area contributed by atoms with Crippen molar-refractivity contribution in [3.05, 3.63) is 0 Å². The highest BCUT2D eigenvalue weighted by Crippen LogP contribution is 2.22. The van der Waals surface area contributed by atoms with E-state index in [2.05, 4.69) is 4.90 Å². The van der Waals surface area contributed by atoms with Crippen molar-refractivity contribution in [3.8, 4) is 0 Å². The normalized spacial score (nSPS) is 25.5. The molecule has 0 aliphatic carbocycles. The van der Waals surface area contributed by atoms with Crippen LogP contribution in [-0.2, 0) is 15.0 Å². The van der Waals surface area contributed by atoms with Crippen molar-refractivity contribution >= 4 is 16.2 Å². The van der Waals surface area contributed by atoms with Crippen molar-refractivity contribution in [2.45, 2.75) is 38.1 Å². The molecule has 0 spiro atoms. The molecular weight excluding hydrogens is 294 g/mol. The quantitative estimate of drug-likeness (QED) is 0.756. The fraction of sp³-hybridized carbons (Fsp3) is 0.923. The molecule has 0 aromatic rings. The predicted molar refractivity (Wildman–Crippen MR) is 79.2 cm³/mol. The van der Waals surface area contributed by atoms with Crippen LogP contribution in [0, 0.1) is 0 Å². The van der Waals surface area contributed by atoms with E-state index in [-0.39, 0.29) is 0 Å². The van der Waals surface area contributed by atoms with Gasteiger partial charge in [0.15, 0.2) is 0 Å². The highest BCUT2D eigenvalue weighted by molar-refractivity contribution is 7.86. The van der Waals surface area contributed by atoms with E-state index in [1.54, 1.807) is 7.05 Å². The predicted octanol–water partition coefficient (Wildman–Crippen LogP) is 0.198. The van der Waals surface area contributed by atoms with Gasteiger partial charge in [-0.2, -0.15) is 17.0 Å². The van der Waals surface area contributed by atoms with E-state index in [1.165, 1.54) is 17.1 Å². The number of hydrogen-bond acceptors (Lipinski definition) is 4. The van der Waals surface area contributed by atoms with Crippen molar-refractivity contribution in [1.29, 1.82) is 0 Å². The third kappa shape index (κ3) is 3.94. The van der Waals surface area contributed by atoms with Gasteiger partial charge < -0.3 is 10.0 Å². The maximum absolute atomic E-state index is 12.6. The smallest absolute Gasteiger partial charge is 0.322 e. The Morgan fingerprint density at radius 3 is 2.43 bits per heavy atom. The summed E-state index contributed by atoms with van der Waals surface area (Å²) in [6.45, 7) is 3.46. The van der Waals surface area contributed by atoms with Gasteiger partial charge in [0.2, 0.25) is 0 Å². The molecule has 1 unspecified atom stereocenters. The van der Waals surface area contributed by atoms with Crippen LogP contribution in [-0.4, -0.2) is 78.8 Å². The number of rotatable bonds is 6. The fourth-order valence-corrected chi connectivity index (χ4v) is 4.56. The van der Waals surface area contributed by atoms with Crippen molar-refractivity contribution < 1.29 is 18.3 Å². The standard InChI is InChI=1S/C13H25N3O4S/c1-14(10-11-15-7-4-5-8-15)21(19,20)16-9-3-2-6-12(16)13(17)18/h12H,2-11H2,1H3,(H,17,18). The van der Waals surface area contributed by atoms with Crippen LogP contribution in [0.3, 0.4) is 0 Å². The third-order valence-electron chi connectivity index (χ3n) is 4.36. The van der Waals surface area contributed by atoms with Gasteiger partial charge in [0.1, 0.15) is 6.04 Å². The van der Waals surface area contributed by atoms with E-state index in [9.17, 15) is 18.3 Å². The monoisotopic (exact) mass is 319 g/mol. The van der Waals surface area contributed by atoms with Gasteiger partial charge in [0.25, 0.3) is 10.2 Å². The summed E-state index contributed by atoms with van der Waals surface area (Å²) in [5.74, 6) is -1.05. The van der Waals surface area contributed by atoms with Crippen LogP contribution < -0.4 is 0 Å². The van der Waals surface area contributed by atoms with E-state index in [4.69, 9.17) is 0 Å². The van der Waals surface area contributed by atoms with Gasteiger partial charge in [-0.05, 0) is 45.2 Å². The molecule has 8 heteroatoms. The highest BCUT2D eigenvalue weighted by Gasteiger charge is 2.38. The third-order valence-corrected chi connectivity index (χ3v) is 6.36. The maximum Gasteiger partial charge on any atom is 0.322 e. The highest BCUT2D eigenvalue weighted by atomic mass is 32.2. The Hall–Kier alpha value is -0.700. The number of likely N-dealkylation sites (N-methyl/N-ethyl adjacent to an activating group) is 1. The summed E-state index contributed by atoms with van der Waals surface area (Å²) >= 11 is 0. The summed E-state index contributed by atoms with van der Waals surface area (Å²) in [4.78, 5) is 13.5. The first-order chi connectivity index (χ1) is 9.93. The van der Waals surface area contributed by atoms with E-state index >= 15 is 0 Å². The van der Waals surface area contributed by atoms with Gasteiger partial charge in [0.05, 0.1) is 0 Å². The van der Waals surface area contributed by atoms with E-state index in [0.29, 0.717) is 26.1 Å². The van der Waals surface area contributed by atoms with Crippen LogP contribution in [0.25, 0.3) is 0 Å². The molecule has 2 saturated heterocycles. The topological polar surface area (TPSA) is 81.2 Å². The Labute approximate surface area is 126 Å². The average molecular weight is 319 g/mol. The van der Waals surface area contributed by atoms with Crippen LogP contribution in [0.2, 0.25) is 0 Å². The maximum atomic E-state index is 12.6. The number of carboxylic acid groups (broad SMARTS) is 1. The first-order valence-electron chi connectivity index (χ1n) is 7.61. The SMILES string of the molecule is CN(CCN1CCCC1)S(=O)(=O)N1CCCCC1C(=O)O. The van der Waals surface area contributed by atoms with Crippen molar-refractivity contribution in [2.75, 3.05) is 39.8 Å². The van der Waals surface area contributed by atoms with Gasteiger partial charge in [-0.1, -0.05) is 0 Å². The van der Waals surface area contributed by atoms with Crippen LogP contribution in [0.15, 0.2) is 0 Å². The number of likely N-dealkylation sites (tertiary alicyclic amines) is 1. The second-order valence-electron chi connectivity index (χ2n) is 5.84. The molecule has 122 valence electrons. The number of piperidine rings is 1. The first-order valence-corrected chi connectivity index (χ1v) is 9.01. The van der Waals surface area contributed by atoms with Gasteiger partial charge >= 0.3 is 5.97 Å². The Bertz CT molecular complexity index is 462. The number of carbonyl (C=O) groups is 1. The summed E-state index contributed by atoms with van der Waals surface area (Å²) < 4.78 is 27.6. The molecule has 1 atom stereocenters. The zero-order chi connectivity index (χ0) is 15.5. The van der Waals surface area contributed by atoms with Crippen molar-refractivity contribution in [2.24, 2.45) is 0 Å². The molecule has 2 rings (SSSR count). The number of nitrogens with zero attached hydrogens (tertiary/aromatic N) is 3. The Balaban J connectivity index is 1.98. The Kier molecular flexibility index (Phi) is 5.59. The summed E-state index contributed by atoms with van der Waals surface area (Å²) in [6.07, 6.45) is 4.23. The molecule has 21 heavy (non-hydrogen) atoms. The van der Waals surface area contributed by atoms with E-state index in [0.717, 1.165) is 30.2 Å². The zero-order valence-electron chi connectivity index (χ0n) is 12.6. The minimum Gasteiger partial charge on any atom is -0.480 e. The molecule has 2 aliphatic heterocycles. The van der Waals surface area contributed by atoms with Gasteiger partial charge in [-0.25, -0.2) is 0 Å². The first kappa shape index (κ1) is 16.7. The van der Waals surface area contributed by atoms with Crippen LogP contribution >= 0.6 is 0 Å². The van der Waals surface area contributed by atoms with Gasteiger partial charge in [-0.15, -0.1) is 0 Å². The molecule has 0 radical (unpaired) electrons. The second kappa shape index (κ2) is 7.04. The average Bonchev–Trinajstić information content (AvgIpc) is 2.97. The van der Waals surface area contributed by atoms with Crippen molar-refractivity contribution in [1.82, 2.24) is 13.5 Å². The largest absolute Gasteiger partial charge is 0.480 e. The van der Waals surface area contributed by atoms with Gasteiger partial charge in [0, 0.05) is 26.7 Å². The van der Waals surface area contributed by atoms with Crippen LogP contribution in [0.5, 0.6) is 0 Å². The summed E-state index contributed by atoms with van der Waals surface area (Å²) in [5, 5.41) is 9.22. The molecule has 0 amide bonds. The number of aliphatic carboxylic acids is 1. The second-order valence-corrected chi connectivity index (χ2v) is 7.83. The molecule has 2 heterocycles. The van der Waals surface area contributed by atoms with Crippen LogP contribution in [0.1, 0.15) is 32.1 Å². The summed E-state index contributed by atoms with van der Waals surface area (Å²) in [7, 11) is -2.15. The molecule has 1 N–H and O–H groups in total. The van der Waals surface area contributed by atoms with E-state index in [1.807, 2.05) is 0 Å². The lowest BCUT2D eigenvalue weighted by Gasteiger charge is -2.35. The van der Waals surface area contributed by atoms with Crippen molar-refractivity contribution in [3.63, 3.8) is 0 Å². The lowest BCUT2D eigenvalue weighted by Crippen LogP contribution is -2.53. The summed E-state index contributed by atoms with van der Waals surface area (Å²) in [5.41, 5.74) is 0. The molecular formula is C13H25N3O4S. The molecule has 0 aromatic heterocycles. The Morgan fingerprint density at radius 1 is 1.19 bits per heavy atom. The molecule has 0 aromatic carbocycles. The lowest BCUT2D eigenvalue weighted by molar-refractivity contribution is -0.142.